The van der Waals surface area contributed by atoms with Crippen LogP contribution in [0, 0.1) is 5.92 Å². The predicted octanol–water partition coefficient (Wildman–Crippen LogP) is 4.21. The number of piperazine rings is 1. The maximum absolute atomic E-state index is 13.2. The van der Waals surface area contributed by atoms with E-state index in [0.717, 1.165) is 124 Å². The number of likely N-dealkylation sites (tertiary alicyclic amines) is 1. The molecule has 2 N–H and O–H groups in total. The van der Waals surface area contributed by atoms with Gasteiger partial charge in [-0.2, -0.15) is 0 Å². The highest BCUT2D eigenvalue weighted by Crippen LogP contribution is 2.31. The van der Waals surface area contributed by atoms with Gasteiger partial charge in [0.15, 0.2) is 11.5 Å². The van der Waals surface area contributed by atoms with Crippen LogP contribution in [-0.4, -0.2) is 129 Å². The van der Waals surface area contributed by atoms with Crippen molar-refractivity contribution >= 4 is 59.1 Å². The Hall–Kier alpha value is -5.48. The maximum atomic E-state index is 13.2. The first-order valence-electron chi connectivity index (χ1n) is 21.2. The summed E-state index contributed by atoms with van der Waals surface area (Å²) in [7, 11) is 0. The van der Waals surface area contributed by atoms with Crippen LogP contribution in [0.5, 0.6) is 0 Å². The largest absolute Gasteiger partial charge is 0.353 e. The molecule has 1 aromatic carbocycles. The van der Waals surface area contributed by atoms with Crippen LogP contribution in [-0.2, 0) is 14.4 Å². The van der Waals surface area contributed by atoms with Gasteiger partial charge in [0, 0.05) is 75.6 Å². The zero-order chi connectivity index (χ0) is 41.8. The van der Waals surface area contributed by atoms with E-state index in [0.29, 0.717) is 29.3 Å². The minimum absolute atomic E-state index is 0.0602. The summed E-state index contributed by atoms with van der Waals surface area (Å²) in [6, 6.07) is 11.8. The molecule has 3 fully saturated rings. The standard InChI is InChI=1S/C44H53N9O6S/c54-39(15-9-32-8-6-19-45-30-32)46-20-3-2-7-31-17-22-52(23-18-31)44(59)36-12-14-38(49-48-36)51-26-24-50(25-27-51)21-4-1-5-28-60-33-10-11-34-35(29-33)43(58)53(42(34)57)37-13-16-40(55)47-41(37)56/h6,8-12,14-15,19,29-31,37H,1-5,7,13,16-18,20-28H2,(H,46,54)(H,47,55,56)/b15-9+. The lowest BCUT2D eigenvalue weighted by Crippen LogP contribution is -2.54. The molecule has 0 spiro atoms. The predicted molar refractivity (Wildman–Crippen MR) is 227 cm³/mol. The fraction of sp³-hybridized carbons (Fsp3) is 0.477. The van der Waals surface area contributed by atoms with Crippen LogP contribution in [0.3, 0.4) is 0 Å². The van der Waals surface area contributed by atoms with Gasteiger partial charge in [0.2, 0.25) is 17.7 Å². The minimum Gasteiger partial charge on any atom is -0.353 e. The van der Waals surface area contributed by atoms with Gasteiger partial charge in [-0.25, -0.2) is 0 Å². The summed E-state index contributed by atoms with van der Waals surface area (Å²) in [6.45, 7) is 6.67. The number of carbonyl (C=O) groups is 6. The Kier molecular flexibility index (Phi) is 14.7. The fourth-order valence-corrected chi connectivity index (χ4v) is 9.16. The number of anilines is 1. The molecular formula is C44H53N9O6S. The third-order valence-electron chi connectivity index (χ3n) is 11.7. The fourth-order valence-electron chi connectivity index (χ4n) is 8.21. The zero-order valence-electron chi connectivity index (χ0n) is 33.9. The van der Waals surface area contributed by atoms with Gasteiger partial charge in [-0.3, -0.25) is 48.9 Å². The highest BCUT2D eigenvalue weighted by Gasteiger charge is 2.44. The number of hydrogen-bond acceptors (Lipinski definition) is 12. The normalized spacial score (nSPS) is 18.9. The number of benzene rings is 1. The molecule has 0 bridgehead atoms. The van der Waals surface area contributed by atoms with E-state index in [1.54, 1.807) is 54.5 Å². The number of piperidine rings is 2. The molecule has 16 heteroatoms. The van der Waals surface area contributed by atoms with Gasteiger partial charge in [0.1, 0.15) is 6.04 Å². The van der Waals surface area contributed by atoms with E-state index in [-0.39, 0.29) is 24.7 Å². The average molecular weight is 836 g/mol. The summed E-state index contributed by atoms with van der Waals surface area (Å²) in [5.41, 5.74) is 1.89. The zero-order valence-corrected chi connectivity index (χ0v) is 34.7. The lowest BCUT2D eigenvalue weighted by atomic mass is 9.91. The number of rotatable bonds is 17. The van der Waals surface area contributed by atoms with Gasteiger partial charge in [-0.1, -0.05) is 25.3 Å². The van der Waals surface area contributed by atoms with Crippen molar-refractivity contribution in [3.05, 3.63) is 83.3 Å². The number of nitrogens with one attached hydrogen (secondary N) is 2. The summed E-state index contributed by atoms with van der Waals surface area (Å²) in [4.78, 5) is 87.8. The van der Waals surface area contributed by atoms with Gasteiger partial charge in [0.05, 0.1) is 11.1 Å². The van der Waals surface area contributed by atoms with Crippen LogP contribution in [0.25, 0.3) is 6.08 Å². The van der Waals surface area contributed by atoms with Crippen LogP contribution in [0.15, 0.2) is 65.8 Å². The second-order valence-corrected chi connectivity index (χ2v) is 17.0. The number of nitrogens with zero attached hydrogens (tertiary/aromatic N) is 7. The van der Waals surface area contributed by atoms with Crippen molar-refractivity contribution in [2.45, 2.75) is 75.1 Å². The van der Waals surface area contributed by atoms with E-state index >= 15 is 0 Å². The quantitative estimate of drug-likeness (QED) is 0.0859. The number of carbonyl (C=O) groups excluding carboxylic acids is 6. The smallest absolute Gasteiger partial charge is 0.274 e. The topological polar surface area (TPSA) is 178 Å². The molecule has 3 saturated heterocycles. The van der Waals surface area contributed by atoms with Crippen molar-refractivity contribution in [3.8, 4) is 0 Å². The SMILES string of the molecule is O=C(/C=C/c1cccnc1)NCCCCC1CCN(C(=O)c2ccc(N3CCN(CCCCCSc4ccc5c(c4)C(=O)N(C4CCC(=O)NC4=O)C5=O)CC3)nn2)CC1. The molecule has 0 aliphatic carbocycles. The van der Waals surface area contributed by atoms with E-state index < -0.39 is 29.7 Å². The first-order valence-corrected chi connectivity index (χ1v) is 22.2. The van der Waals surface area contributed by atoms with E-state index in [9.17, 15) is 28.8 Å². The van der Waals surface area contributed by atoms with Crippen LogP contribution in [0.1, 0.15) is 101 Å². The van der Waals surface area contributed by atoms with Crippen LogP contribution in [0.2, 0.25) is 0 Å². The summed E-state index contributed by atoms with van der Waals surface area (Å²) in [6.07, 6.45) is 15.1. The maximum Gasteiger partial charge on any atom is 0.274 e. The molecule has 316 valence electrons. The van der Waals surface area contributed by atoms with Crippen molar-refractivity contribution in [3.63, 3.8) is 0 Å². The Labute approximate surface area is 354 Å². The van der Waals surface area contributed by atoms with Gasteiger partial charge < -0.3 is 15.1 Å². The monoisotopic (exact) mass is 835 g/mol. The average Bonchev–Trinajstić information content (AvgIpc) is 3.52. The van der Waals surface area contributed by atoms with Crippen LogP contribution >= 0.6 is 11.8 Å². The van der Waals surface area contributed by atoms with Crippen molar-refractivity contribution < 1.29 is 28.8 Å². The van der Waals surface area contributed by atoms with Crippen LogP contribution in [0.4, 0.5) is 5.82 Å². The molecule has 4 aliphatic rings. The Morgan fingerprint density at radius 2 is 1.67 bits per heavy atom. The first-order chi connectivity index (χ1) is 29.2. The number of aromatic nitrogens is 3. The third-order valence-corrected chi connectivity index (χ3v) is 12.8. The number of fused-ring (bicyclic) bond motifs is 1. The van der Waals surface area contributed by atoms with Crippen molar-refractivity contribution in [2.24, 2.45) is 5.92 Å². The Balaban J connectivity index is 0.733. The Bertz CT molecular complexity index is 2050. The molecule has 6 amide bonds. The van der Waals surface area contributed by atoms with E-state index in [1.165, 1.54) is 0 Å². The van der Waals surface area contributed by atoms with Crippen molar-refractivity contribution in [2.75, 3.05) is 63.0 Å². The second-order valence-electron chi connectivity index (χ2n) is 15.8. The highest BCUT2D eigenvalue weighted by molar-refractivity contribution is 7.99. The molecule has 4 aliphatic heterocycles. The van der Waals surface area contributed by atoms with E-state index in [4.69, 9.17) is 0 Å². The van der Waals surface area contributed by atoms with Gasteiger partial charge in [-0.15, -0.1) is 22.0 Å². The first kappa shape index (κ1) is 42.6. The van der Waals surface area contributed by atoms with E-state index in [2.05, 4.69) is 35.6 Å². The number of hydrogen-bond donors (Lipinski definition) is 2. The molecule has 6 heterocycles. The van der Waals surface area contributed by atoms with Gasteiger partial charge >= 0.3 is 0 Å². The Morgan fingerprint density at radius 3 is 2.42 bits per heavy atom. The number of pyridine rings is 1. The highest BCUT2D eigenvalue weighted by atomic mass is 32.2. The molecular weight excluding hydrogens is 783 g/mol. The van der Waals surface area contributed by atoms with Crippen molar-refractivity contribution in [1.82, 2.24) is 40.5 Å². The van der Waals surface area contributed by atoms with Gasteiger partial charge in [-0.05, 0) is 105 Å². The minimum atomic E-state index is -0.961. The number of unbranched alkanes of at least 4 members (excludes halogenated alkanes) is 3. The molecule has 3 aromatic rings. The number of amides is 6. The lowest BCUT2D eigenvalue weighted by molar-refractivity contribution is -0.136. The molecule has 7 rings (SSSR count). The molecule has 15 nitrogen and oxygen atoms in total. The van der Waals surface area contributed by atoms with Crippen molar-refractivity contribution in [1.29, 1.82) is 0 Å². The summed E-state index contributed by atoms with van der Waals surface area (Å²) in [5.74, 6) is 0.136. The summed E-state index contributed by atoms with van der Waals surface area (Å²) in [5, 5.41) is 13.9. The summed E-state index contributed by atoms with van der Waals surface area (Å²) < 4.78 is 0. The van der Waals surface area contributed by atoms with Crippen LogP contribution < -0.4 is 15.5 Å². The molecule has 2 aromatic heterocycles. The Morgan fingerprint density at radius 1 is 0.850 bits per heavy atom. The lowest BCUT2D eigenvalue weighted by Gasteiger charge is -2.35. The second kappa shape index (κ2) is 20.7. The third kappa shape index (κ3) is 11.0. The molecule has 0 radical (unpaired) electrons. The molecule has 60 heavy (non-hydrogen) atoms. The number of thioether (sulfide) groups is 1. The summed E-state index contributed by atoms with van der Waals surface area (Å²) >= 11 is 1.65. The van der Waals surface area contributed by atoms with Gasteiger partial charge in [0.25, 0.3) is 17.7 Å². The number of imide groups is 2. The molecule has 1 unspecified atom stereocenters. The van der Waals surface area contributed by atoms with E-state index in [1.807, 2.05) is 29.2 Å². The molecule has 0 saturated carbocycles. The molecule has 1 atom stereocenters.